The predicted octanol–water partition coefficient (Wildman–Crippen LogP) is 3.60. The molecule has 0 spiro atoms. The van der Waals surface area contributed by atoms with Crippen molar-refractivity contribution in [3.8, 4) is 0 Å². The standard InChI is InChI=1S/C25H33ClN6O2S/c26-20-5-3-19(4-6-20)25(7-1-2-8-25)18-27-24(35)30-23-28-21(31-9-13-33-14-10-31)17-22(29-23)32-11-15-34-16-12-32/h3-6,17H,1-2,7-16,18H2,(H2,27,28,29,30,35). The van der Waals surface area contributed by atoms with E-state index >= 15 is 0 Å². The first-order valence-electron chi connectivity index (χ1n) is 12.5. The van der Waals surface area contributed by atoms with E-state index in [1.165, 1.54) is 18.4 Å². The molecule has 0 radical (unpaired) electrons. The van der Waals surface area contributed by atoms with Crippen molar-refractivity contribution in [3.05, 3.63) is 40.9 Å². The van der Waals surface area contributed by atoms with Gasteiger partial charge in [-0.15, -0.1) is 0 Å². The first-order valence-corrected chi connectivity index (χ1v) is 13.3. The molecular weight excluding hydrogens is 484 g/mol. The first kappa shape index (κ1) is 24.5. The second-order valence-electron chi connectivity index (χ2n) is 9.41. The van der Waals surface area contributed by atoms with Crippen molar-refractivity contribution in [2.75, 3.05) is 74.3 Å². The van der Waals surface area contributed by atoms with E-state index in [2.05, 4.69) is 38.6 Å². The summed E-state index contributed by atoms with van der Waals surface area (Å²) in [6.45, 7) is 6.81. The van der Waals surface area contributed by atoms with Crippen LogP contribution < -0.4 is 20.4 Å². The van der Waals surface area contributed by atoms with E-state index in [1.807, 2.05) is 12.1 Å². The minimum atomic E-state index is 0.0613. The summed E-state index contributed by atoms with van der Waals surface area (Å²) >= 11 is 11.8. The van der Waals surface area contributed by atoms with Gasteiger partial charge in [-0.2, -0.15) is 9.97 Å². The molecule has 0 unspecified atom stereocenters. The second kappa shape index (κ2) is 11.2. The highest BCUT2D eigenvalue weighted by Gasteiger charge is 2.35. The fraction of sp³-hybridized carbons (Fsp3) is 0.560. The lowest BCUT2D eigenvalue weighted by Crippen LogP contribution is -2.41. The predicted molar refractivity (Wildman–Crippen MR) is 144 cm³/mol. The summed E-state index contributed by atoms with van der Waals surface area (Å²) in [6, 6.07) is 10.3. The number of rotatable bonds is 6. The van der Waals surface area contributed by atoms with Gasteiger partial charge in [0.1, 0.15) is 11.6 Å². The van der Waals surface area contributed by atoms with Gasteiger partial charge in [-0.1, -0.05) is 36.6 Å². The second-order valence-corrected chi connectivity index (χ2v) is 10.3. The molecule has 2 aliphatic heterocycles. The summed E-state index contributed by atoms with van der Waals surface area (Å²) in [5.74, 6) is 2.30. The Morgan fingerprint density at radius 1 is 0.914 bits per heavy atom. The van der Waals surface area contributed by atoms with Crippen LogP contribution in [0.2, 0.25) is 5.02 Å². The quantitative estimate of drug-likeness (QED) is 0.560. The Morgan fingerprint density at radius 3 is 2.00 bits per heavy atom. The molecule has 0 amide bonds. The van der Waals surface area contributed by atoms with E-state index in [-0.39, 0.29) is 5.41 Å². The number of nitrogens with one attached hydrogen (secondary N) is 2. The van der Waals surface area contributed by atoms with Gasteiger partial charge >= 0.3 is 0 Å². The van der Waals surface area contributed by atoms with Gasteiger partial charge in [0.15, 0.2) is 5.11 Å². The zero-order valence-electron chi connectivity index (χ0n) is 20.0. The fourth-order valence-corrected chi connectivity index (χ4v) is 5.49. The Kier molecular flexibility index (Phi) is 7.87. The molecule has 2 aromatic rings. The molecule has 35 heavy (non-hydrogen) atoms. The molecule has 1 aromatic heterocycles. The molecular formula is C25H33ClN6O2S. The van der Waals surface area contributed by atoms with E-state index in [4.69, 9.17) is 43.3 Å². The highest BCUT2D eigenvalue weighted by atomic mass is 35.5. The van der Waals surface area contributed by atoms with E-state index in [0.29, 0.717) is 37.5 Å². The molecule has 8 nitrogen and oxygen atoms in total. The van der Waals surface area contributed by atoms with Crippen LogP contribution in [-0.4, -0.2) is 74.2 Å². The Labute approximate surface area is 217 Å². The van der Waals surface area contributed by atoms with E-state index in [9.17, 15) is 0 Å². The van der Waals surface area contributed by atoms with E-state index in [0.717, 1.165) is 62.2 Å². The topological polar surface area (TPSA) is 74.8 Å². The number of aromatic nitrogens is 2. The Bertz CT molecular complexity index is 969. The van der Waals surface area contributed by atoms with Crippen LogP contribution in [0, 0.1) is 0 Å². The van der Waals surface area contributed by atoms with Crippen molar-refractivity contribution < 1.29 is 9.47 Å². The maximum Gasteiger partial charge on any atom is 0.232 e. The van der Waals surface area contributed by atoms with Gasteiger partial charge in [-0.05, 0) is 42.8 Å². The molecule has 2 N–H and O–H groups in total. The third-order valence-corrected chi connectivity index (χ3v) is 7.70. The lowest BCUT2D eigenvalue weighted by atomic mass is 9.79. The lowest BCUT2D eigenvalue weighted by Gasteiger charge is -2.32. The van der Waals surface area contributed by atoms with Crippen molar-refractivity contribution >= 4 is 46.5 Å². The molecule has 10 heteroatoms. The van der Waals surface area contributed by atoms with Crippen LogP contribution in [0.15, 0.2) is 30.3 Å². The number of thiocarbonyl (C=S) groups is 1. The summed E-state index contributed by atoms with van der Waals surface area (Å²) in [6.07, 6.45) is 4.71. The van der Waals surface area contributed by atoms with E-state index < -0.39 is 0 Å². The number of ether oxygens (including phenoxy) is 2. The number of halogens is 1. The summed E-state index contributed by atoms with van der Waals surface area (Å²) < 4.78 is 11.1. The summed E-state index contributed by atoms with van der Waals surface area (Å²) in [5.41, 5.74) is 1.38. The van der Waals surface area contributed by atoms with Gasteiger partial charge in [-0.25, -0.2) is 0 Å². The largest absolute Gasteiger partial charge is 0.378 e. The number of benzene rings is 1. The molecule has 3 fully saturated rings. The van der Waals surface area contributed by atoms with Crippen LogP contribution in [0.5, 0.6) is 0 Å². The highest BCUT2D eigenvalue weighted by molar-refractivity contribution is 7.80. The molecule has 188 valence electrons. The number of hydrogen-bond acceptors (Lipinski definition) is 7. The average molecular weight is 517 g/mol. The van der Waals surface area contributed by atoms with Crippen LogP contribution in [0.1, 0.15) is 31.2 Å². The zero-order chi connectivity index (χ0) is 24.1. The molecule has 1 aromatic carbocycles. The van der Waals surface area contributed by atoms with E-state index in [1.54, 1.807) is 0 Å². The third-order valence-electron chi connectivity index (χ3n) is 7.20. The number of morpholine rings is 2. The van der Waals surface area contributed by atoms with Gasteiger partial charge in [0, 0.05) is 49.2 Å². The van der Waals surface area contributed by atoms with Crippen LogP contribution in [0.25, 0.3) is 0 Å². The molecule has 5 rings (SSSR count). The van der Waals surface area contributed by atoms with Gasteiger partial charge in [0.25, 0.3) is 0 Å². The van der Waals surface area contributed by atoms with Gasteiger partial charge in [0.2, 0.25) is 5.95 Å². The summed E-state index contributed by atoms with van der Waals surface area (Å²) in [7, 11) is 0. The number of anilines is 3. The highest BCUT2D eigenvalue weighted by Crippen LogP contribution is 2.41. The molecule has 0 bridgehead atoms. The Balaban J connectivity index is 1.30. The van der Waals surface area contributed by atoms with Crippen LogP contribution in [0.4, 0.5) is 17.6 Å². The van der Waals surface area contributed by atoms with Crippen LogP contribution in [-0.2, 0) is 14.9 Å². The Hall–Kier alpha value is -2.20. The number of nitrogens with zero attached hydrogens (tertiary/aromatic N) is 4. The minimum absolute atomic E-state index is 0.0613. The molecule has 1 aliphatic carbocycles. The van der Waals surface area contributed by atoms with Gasteiger partial charge in [-0.3, -0.25) is 0 Å². The van der Waals surface area contributed by atoms with Crippen molar-refractivity contribution in [1.82, 2.24) is 15.3 Å². The Morgan fingerprint density at radius 2 is 1.46 bits per heavy atom. The minimum Gasteiger partial charge on any atom is -0.378 e. The van der Waals surface area contributed by atoms with Crippen molar-refractivity contribution in [1.29, 1.82) is 0 Å². The average Bonchev–Trinajstić information content (AvgIpc) is 3.39. The fourth-order valence-electron chi connectivity index (χ4n) is 5.20. The zero-order valence-corrected chi connectivity index (χ0v) is 21.5. The molecule has 1 saturated carbocycles. The van der Waals surface area contributed by atoms with Crippen LogP contribution in [0.3, 0.4) is 0 Å². The maximum atomic E-state index is 6.14. The maximum absolute atomic E-state index is 6.14. The van der Waals surface area contributed by atoms with Crippen molar-refractivity contribution in [3.63, 3.8) is 0 Å². The summed E-state index contributed by atoms with van der Waals surface area (Å²) in [4.78, 5) is 14.1. The normalized spacial score (nSPS) is 20.0. The van der Waals surface area contributed by atoms with Gasteiger partial charge < -0.3 is 29.9 Å². The molecule has 3 aliphatic rings. The monoisotopic (exact) mass is 516 g/mol. The SMILES string of the molecule is S=C(NCC1(c2ccc(Cl)cc2)CCCC1)Nc1nc(N2CCOCC2)cc(N2CCOCC2)n1. The van der Waals surface area contributed by atoms with Crippen molar-refractivity contribution in [2.24, 2.45) is 0 Å². The molecule has 2 saturated heterocycles. The summed E-state index contributed by atoms with van der Waals surface area (Å²) in [5, 5.41) is 8.03. The molecule has 3 heterocycles. The van der Waals surface area contributed by atoms with Crippen LogP contribution >= 0.6 is 23.8 Å². The molecule has 0 atom stereocenters. The third kappa shape index (κ3) is 5.97. The lowest BCUT2D eigenvalue weighted by molar-refractivity contribution is 0.122. The number of hydrogen-bond donors (Lipinski definition) is 2. The van der Waals surface area contributed by atoms with Gasteiger partial charge in [0.05, 0.1) is 26.4 Å². The smallest absolute Gasteiger partial charge is 0.232 e. The first-order chi connectivity index (χ1) is 17.1. The van der Waals surface area contributed by atoms with Crippen molar-refractivity contribution in [2.45, 2.75) is 31.1 Å².